The highest BCUT2D eigenvalue weighted by atomic mass is 32.1. The summed E-state index contributed by atoms with van der Waals surface area (Å²) in [7, 11) is 0. The lowest BCUT2D eigenvalue weighted by Gasteiger charge is -2.61. The highest BCUT2D eigenvalue weighted by Gasteiger charge is 2.55. The van der Waals surface area contributed by atoms with Crippen molar-refractivity contribution in [3.8, 4) is 0 Å². The van der Waals surface area contributed by atoms with Crippen LogP contribution in [0.5, 0.6) is 0 Å². The molecule has 4 fully saturated rings. The van der Waals surface area contributed by atoms with Gasteiger partial charge in [-0.1, -0.05) is 37.3 Å². The Hall–Kier alpha value is -1.09. The van der Waals surface area contributed by atoms with Crippen LogP contribution in [0.1, 0.15) is 46.0 Å². The summed E-state index contributed by atoms with van der Waals surface area (Å²) < 4.78 is 1.31. The van der Waals surface area contributed by atoms with E-state index in [4.69, 9.17) is 4.98 Å². The van der Waals surface area contributed by atoms with Gasteiger partial charge < -0.3 is 5.32 Å². The van der Waals surface area contributed by atoms with E-state index < -0.39 is 0 Å². The van der Waals surface area contributed by atoms with Gasteiger partial charge in [-0.2, -0.15) is 0 Å². The molecule has 0 spiro atoms. The minimum absolute atomic E-state index is 0.343. The zero-order chi connectivity index (χ0) is 15.6. The Morgan fingerprint density at radius 2 is 1.87 bits per heavy atom. The maximum atomic E-state index is 4.85. The highest BCUT2D eigenvalue weighted by Crippen LogP contribution is 2.60. The van der Waals surface area contributed by atoms with Gasteiger partial charge in [-0.25, -0.2) is 4.98 Å². The average Bonchev–Trinajstić information content (AvgIpc) is 2.86. The number of benzene rings is 1. The third kappa shape index (κ3) is 2.23. The van der Waals surface area contributed by atoms with Crippen LogP contribution in [-0.4, -0.2) is 10.5 Å². The third-order valence-electron chi connectivity index (χ3n) is 6.78. The fraction of sp³-hybridized carbons (Fsp3) is 0.650. The van der Waals surface area contributed by atoms with E-state index >= 15 is 0 Å². The lowest BCUT2D eigenvalue weighted by molar-refractivity contribution is -0.0610. The first-order valence-electron chi connectivity index (χ1n) is 9.26. The predicted octanol–water partition coefficient (Wildman–Crippen LogP) is 5.56. The molecule has 2 unspecified atom stereocenters. The summed E-state index contributed by atoms with van der Waals surface area (Å²) in [5.74, 6) is 4.68. The molecule has 6 rings (SSSR count). The summed E-state index contributed by atoms with van der Waals surface area (Å²) in [4.78, 5) is 4.85. The first-order chi connectivity index (χ1) is 11.1. The Morgan fingerprint density at radius 3 is 2.57 bits per heavy atom. The number of hydrogen-bond donors (Lipinski definition) is 1. The van der Waals surface area contributed by atoms with Gasteiger partial charge >= 0.3 is 0 Å². The van der Waals surface area contributed by atoms with Gasteiger partial charge in [-0.3, -0.25) is 0 Å². The van der Waals surface area contributed by atoms with Crippen molar-refractivity contribution in [3.05, 3.63) is 24.3 Å². The van der Waals surface area contributed by atoms with E-state index in [0.29, 0.717) is 5.54 Å². The lowest BCUT2D eigenvalue weighted by Crippen LogP contribution is -2.59. The molecule has 1 N–H and O–H groups in total. The fourth-order valence-electron chi connectivity index (χ4n) is 6.46. The Labute approximate surface area is 142 Å². The average molecular weight is 327 g/mol. The molecule has 122 valence electrons. The minimum atomic E-state index is 0.343. The molecule has 1 aromatic heterocycles. The first-order valence-corrected chi connectivity index (χ1v) is 10.1. The van der Waals surface area contributed by atoms with E-state index in [1.54, 1.807) is 0 Å². The number of fused-ring (bicyclic) bond motifs is 1. The van der Waals surface area contributed by atoms with Crippen molar-refractivity contribution in [1.29, 1.82) is 0 Å². The Balaban J connectivity index is 1.44. The van der Waals surface area contributed by atoms with Crippen LogP contribution < -0.4 is 5.32 Å². The quantitative estimate of drug-likeness (QED) is 0.799. The molecule has 2 atom stereocenters. The van der Waals surface area contributed by atoms with Gasteiger partial charge in [0.05, 0.1) is 10.2 Å². The van der Waals surface area contributed by atoms with Crippen molar-refractivity contribution in [2.45, 2.75) is 51.5 Å². The predicted molar refractivity (Wildman–Crippen MR) is 97.9 cm³/mol. The molecule has 0 radical (unpaired) electrons. The smallest absolute Gasteiger partial charge is 0.184 e. The van der Waals surface area contributed by atoms with Crippen LogP contribution in [0.3, 0.4) is 0 Å². The molecule has 3 heteroatoms. The molecule has 4 bridgehead atoms. The molecule has 4 saturated carbocycles. The number of aromatic nitrogens is 1. The Bertz CT molecular complexity index is 685. The second-order valence-corrected chi connectivity index (χ2v) is 9.71. The van der Waals surface area contributed by atoms with Gasteiger partial charge in [0.25, 0.3) is 0 Å². The largest absolute Gasteiger partial charge is 0.356 e. The number of nitrogens with one attached hydrogen (secondary N) is 1. The van der Waals surface area contributed by atoms with Crippen molar-refractivity contribution in [3.63, 3.8) is 0 Å². The summed E-state index contributed by atoms with van der Waals surface area (Å²) >= 11 is 1.83. The van der Waals surface area contributed by atoms with Crippen LogP contribution in [0.25, 0.3) is 10.2 Å². The van der Waals surface area contributed by atoms with E-state index in [1.807, 2.05) is 11.3 Å². The Morgan fingerprint density at radius 1 is 1.13 bits per heavy atom. The van der Waals surface area contributed by atoms with Gasteiger partial charge in [0, 0.05) is 5.54 Å². The van der Waals surface area contributed by atoms with E-state index in [9.17, 15) is 0 Å². The number of rotatable bonds is 3. The molecule has 2 aromatic rings. The van der Waals surface area contributed by atoms with Crippen molar-refractivity contribution < 1.29 is 0 Å². The number of nitrogens with zero attached hydrogens (tertiary/aromatic N) is 1. The maximum Gasteiger partial charge on any atom is 0.184 e. The first kappa shape index (κ1) is 14.3. The fourth-order valence-corrected chi connectivity index (χ4v) is 7.44. The van der Waals surface area contributed by atoms with Crippen LogP contribution in [0.2, 0.25) is 0 Å². The van der Waals surface area contributed by atoms with E-state index in [1.165, 1.54) is 36.8 Å². The van der Waals surface area contributed by atoms with Gasteiger partial charge in [-0.15, -0.1) is 0 Å². The summed E-state index contributed by atoms with van der Waals surface area (Å²) in [6, 6.07) is 8.52. The topological polar surface area (TPSA) is 24.9 Å². The van der Waals surface area contributed by atoms with Crippen LogP contribution >= 0.6 is 11.3 Å². The normalized spacial score (nSPS) is 38.6. The number of para-hydroxylation sites is 1. The summed E-state index contributed by atoms with van der Waals surface area (Å²) in [5.41, 5.74) is 1.49. The van der Waals surface area contributed by atoms with Gasteiger partial charge in [0.15, 0.2) is 5.13 Å². The molecule has 0 aliphatic heterocycles. The van der Waals surface area contributed by atoms with Gasteiger partial charge in [0.1, 0.15) is 0 Å². The van der Waals surface area contributed by atoms with Gasteiger partial charge in [-0.05, 0) is 73.8 Å². The Kier molecular flexibility index (Phi) is 3.07. The molecule has 0 amide bonds. The summed E-state index contributed by atoms with van der Waals surface area (Å²) in [5, 5.41) is 5.09. The molecule has 1 heterocycles. The molecule has 2 nitrogen and oxygen atoms in total. The minimum Gasteiger partial charge on any atom is -0.356 e. The number of anilines is 1. The number of thiazole rings is 1. The van der Waals surface area contributed by atoms with Crippen LogP contribution in [0, 0.1) is 29.6 Å². The van der Waals surface area contributed by atoms with E-state index in [-0.39, 0.29) is 0 Å². The van der Waals surface area contributed by atoms with Crippen LogP contribution in [-0.2, 0) is 0 Å². The molecular weight excluding hydrogens is 300 g/mol. The lowest BCUT2D eigenvalue weighted by atomic mass is 9.47. The van der Waals surface area contributed by atoms with Crippen molar-refractivity contribution in [1.82, 2.24) is 4.98 Å². The molecular formula is C20H26N2S. The SMILES string of the molecule is CC(C)C1C2CC3CC1CC(Nc1nc4ccccc4s1)(C3)C2. The molecule has 0 saturated heterocycles. The zero-order valence-corrected chi connectivity index (χ0v) is 14.9. The highest BCUT2D eigenvalue weighted by molar-refractivity contribution is 7.22. The monoisotopic (exact) mass is 326 g/mol. The van der Waals surface area contributed by atoms with Crippen molar-refractivity contribution >= 4 is 26.7 Å². The van der Waals surface area contributed by atoms with Crippen LogP contribution in [0.15, 0.2) is 24.3 Å². The second-order valence-electron chi connectivity index (χ2n) is 8.68. The number of hydrogen-bond acceptors (Lipinski definition) is 3. The second kappa shape index (κ2) is 4.95. The van der Waals surface area contributed by atoms with Gasteiger partial charge in [0.2, 0.25) is 0 Å². The van der Waals surface area contributed by atoms with E-state index in [0.717, 1.165) is 40.2 Å². The third-order valence-corrected chi connectivity index (χ3v) is 7.73. The van der Waals surface area contributed by atoms with Crippen molar-refractivity contribution in [2.75, 3.05) is 5.32 Å². The molecule has 1 aromatic carbocycles. The summed E-state index contributed by atoms with van der Waals surface area (Å²) in [6.45, 7) is 4.89. The van der Waals surface area contributed by atoms with Crippen LogP contribution in [0.4, 0.5) is 5.13 Å². The molecule has 4 aliphatic rings. The standard InChI is InChI=1S/C20H26N2S/c1-12(2)18-14-7-13-8-15(18)11-20(9-13,10-14)22-19-21-16-5-3-4-6-17(16)23-19/h3-6,12-15,18H,7-11H2,1-2H3,(H,21,22). The summed E-state index contributed by atoms with van der Waals surface area (Å²) in [6.07, 6.45) is 7.10. The maximum absolute atomic E-state index is 4.85. The van der Waals surface area contributed by atoms with Crippen molar-refractivity contribution in [2.24, 2.45) is 29.6 Å². The molecule has 4 aliphatic carbocycles. The molecule has 23 heavy (non-hydrogen) atoms. The zero-order valence-electron chi connectivity index (χ0n) is 14.1. The van der Waals surface area contributed by atoms with E-state index in [2.05, 4.69) is 43.4 Å².